The van der Waals surface area contributed by atoms with Crippen LogP contribution in [0.3, 0.4) is 0 Å². The molecule has 0 saturated heterocycles. The maximum absolute atomic E-state index is 12.1. The largest absolute Gasteiger partial charge is 0.259 e. The van der Waals surface area contributed by atoms with Crippen LogP contribution in [-0.4, -0.2) is 29.6 Å². The van der Waals surface area contributed by atoms with Gasteiger partial charge in [-0.05, 0) is 18.8 Å². The van der Waals surface area contributed by atoms with Crippen molar-refractivity contribution in [3.8, 4) is 0 Å². The van der Waals surface area contributed by atoms with Crippen molar-refractivity contribution >= 4 is 37.6 Å². The van der Waals surface area contributed by atoms with Crippen molar-refractivity contribution in [2.24, 2.45) is 13.0 Å². The highest BCUT2D eigenvalue weighted by atomic mass is 79.9. The van der Waals surface area contributed by atoms with Gasteiger partial charge in [-0.2, -0.15) is 5.10 Å². The van der Waals surface area contributed by atoms with E-state index in [1.165, 1.54) is 10.9 Å². The van der Waals surface area contributed by atoms with Crippen molar-refractivity contribution in [2.75, 3.05) is 6.54 Å². The second kappa shape index (κ2) is 5.48. The molecule has 1 fully saturated rings. The normalized spacial score (nSPS) is 24.6. The highest BCUT2D eigenvalue weighted by molar-refractivity contribution is 9.09. The summed E-state index contributed by atoms with van der Waals surface area (Å²) in [5, 5.41) is 4.00. The van der Waals surface area contributed by atoms with Crippen LogP contribution in [0.5, 0.6) is 0 Å². The Labute approximate surface area is 120 Å². The number of aromatic nitrogens is 2. The van der Waals surface area contributed by atoms with Crippen molar-refractivity contribution in [1.29, 1.82) is 0 Å². The molecule has 0 amide bonds. The Hall–Kier alpha value is -0.110. The Morgan fingerprint density at radius 3 is 2.83 bits per heavy atom. The molecule has 1 heterocycles. The predicted molar refractivity (Wildman–Crippen MR) is 73.5 cm³/mol. The molecule has 1 saturated carbocycles. The molecule has 5 nitrogen and oxygen atoms in total. The third-order valence-corrected chi connectivity index (χ3v) is 6.33. The van der Waals surface area contributed by atoms with Crippen molar-refractivity contribution in [3.63, 3.8) is 0 Å². The van der Waals surface area contributed by atoms with Gasteiger partial charge in [-0.3, -0.25) is 4.68 Å². The summed E-state index contributed by atoms with van der Waals surface area (Å²) in [6, 6.07) is 0. The molecule has 1 aliphatic carbocycles. The number of nitrogens with one attached hydrogen (secondary N) is 1. The Morgan fingerprint density at radius 1 is 1.61 bits per heavy atom. The maximum atomic E-state index is 12.1. The molecular weight excluding hydrogens is 342 g/mol. The second-order valence-corrected chi connectivity index (χ2v) is 7.75. The Balaban J connectivity index is 2.08. The average molecular weight is 357 g/mol. The van der Waals surface area contributed by atoms with Crippen molar-refractivity contribution in [1.82, 2.24) is 14.5 Å². The van der Waals surface area contributed by atoms with E-state index in [1.54, 1.807) is 7.05 Å². The van der Waals surface area contributed by atoms with Crippen molar-refractivity contribution in [3.05, 3.63) is 11.2 Å². The van der Waals surface area contributed by atoms with E-state index in [4.69, 9.17) is 11.6 Å². The van der Waals surface area contributed by atoms with Gasteiger partial charge in [0.2, 0.25) is 0 Å². The summed E-state index contributed by atoms with van der Waals surface area (Å²) in [5.41, 5.74) is 0. The van der Waals surface area contributed by atoms with Crippen LogP contribution in [0, 0.1) is 5.92 Å². The highest BCUT2D eigenvalue weighted by Gasteiger charge is 2.28. The van der Waals surface area contributed by atoms with E-state index < -0.39 is 10.0 Å². The van der Waals surface area contributed by atoms with Gasteiger partial charge in [-0.15, -0.1) is 0 Å². The standard InChI is InChI=1S/C10H15BrClN3O2S/c1-15-10(9(12)6-13-15)18(16,17)14-5-7-3-2-4-8(7)11/h6-8,14H,2-5H2,1H3. The molecule has 0 spiro atoms. The minimum absolute atomic E-state index is 0.0216. The monoisotopic (exact) mass is 355 g/mol. The lowest BCUT2D eigenvalue weighted by Gasteiger charge is -2.15. The maximum Gasteiger partial charge on any atom is 0.259 e. The number of aryl methyl sites for hydroxylation is 1. The zero-order valence-electron chi connectivity index (χ0n) is 9.94. The first kappa shape index (κ1) is 14.3. The van der Waals surface area contributed by atoms with Crippen LogP contribution in [0.15, 0.2) is 11.2 Å². The molecule has 1 aromatic heterocycles. The molecule has 8 heteroatoms. The lowest BCUT2D eigenvalue weighted by Crippen LogP contribution is -2.32. The third kappa shape index (κ3) is 2.89. The van der Waals surface area contributed by atoms with Crippen LogP contribution < -0.4 is 4.72 Å². The molecule has 102 valence electrons. The molecule has 2 unspecified atom stereocenters. The molecular formula is C10H15BrClN3O2S. The van der Waals surface area contributed by atoms with Gasteiger partial charge in [0.05, 0.1) is 11.2 Å². The fourth-order valence-electron chi connectivity index (χ4n) is 2.21. The molecule has 1 N–H and O–H groups in total. The fraction of sp³-hybridized carbons (Fsp3) is 0.700. The Morgan fingerprint density at radius 2 is 2.33 bits per heavy atom. The highest BCUT2D eigenvalue weighted by Crippen LogP contribution is 2.31. The van der Waals surface area contributed by atoms with Gasteiger partial charge < -0.3 is 0 Å². The quantitative estimate of drug-likeness (QED) is 0.838. The van der Waals surface area contributed by atoms with Gasteiger partial charge in [-0.1, -0.05) is 34.0 Å². The van der Waals surface area contributed by atoms with Gasteiger partial charge in [0.1, 0.15) is 0 Å². The summed E-state index contributed by atoms with van der Waals surface area (Å²) >= 11 is 9.41. The van der Waals surface area contributed by atoms with E-state index in [-0.39, 0.29) is 10.0 Å². The molecule has 0 bridgehead atoms. The number of hydrogen-bond donors (Lipinski definition) is 1. The summed E-state index contributed by atoms with van der Waals surface area (Å²) in [7, 11) is -2.03. The lowest BCUT2D eigenvalue weighted by molar-refractivity contribution is 0.522. The lowest BCUT2D eigenvalue weighted by atomic mass is 10.1. The molecule has 0 radical (unpaired) electrons. The van der Waals surface area contributed by atoms with Gasteiger partial charge in [0.15, 0.2) is 5.03 Å². The first-order valence-electron chi connectivity index (χ1n) is 5.73. The van der Waals surface area contributed by atoms with E-state index >= 15 is 0 Å². The SMILES string of the molecule is Cn1ncc(Cl)c1S(=O)(=O)NCC1CCCC1Br. The summed E-state index contributed by atoms with van der Waals surface area (Å²) in [5.74, 6) is 0.340. The summed E-state index contributed by atoms with van der Waals surface area (Å²) in [6.07, 6.45) is 4.60. The molecule has 2 rings (SSSR count). The average Bonchev–Trinajstić information content (AvgIpc) is 2.83. The summed E-state index contributed by atoms with van der Waals surface area (Å²) < 4.78 is 28.1. The summed E-state index contributed by atoms with van der Waals surface area (Å²) in [6.45, 7) is 0.430. The van der Waals surface area contributed by atoms with Crippen LogP contribution in [-0.2, 0) is 17.1 Å². The van der Waals surface area contributed by atoms with E-state index in [0.29, 0.717) is 17.3 Å². The van der Waals surface area contributed by atoms with Gasteiger partial charge >= 0.3 is 0 Å². The van der Waals surface area contributed by atoms with Crippen molar-refractivity contribution < 1.29 is 8.42 Å². The molecule has 18 heavy (non-hydrogen) atoms. The van der Waals surface area contributed by atoms with Crippen LogP contribution >= 0.6 is 27.5 Å². The van der Waals surface area contributed by atoms with Gasteiger partial charge in [0, 0.05) is 18.4 Å². The fourth-order valence-corrected chi connectivity index (χ4v) is 4.73. The molecule has 0 aromatic carbocycles. The predicted octanol–water partition coefficient (Wildman–Crippen LogP) is 1.92. The van der Waals surface area contributed by atoms with Gasteiger partial charge in [-0.25, -0.2) is 13.1 Å². The molecule has 2 atom stereocenters. The number of sulfonamides is 1. The zero-order valence-corrected chi connectivity index (χ0v) is 13.1. The number of halogens is 2. The minimum atomic E-state index is -3.59. The summed E-state index contributed by atoms with van der Waals surface area (Å²) in [4.78, 5) is 0.391. The number of hydrogen-bond acceptors (Lipinski definition) is 3. The second-order valence-electron chi connectivity index (χ2n) is 4.48. The topological polar surface area (TPSA) is 64.0 Å². The van der Waals surface area contributed by atoms with Crippen LogP contribution in [0.25, 0.3) is 0 Å². The third-order valence-electron chi connectivity index (χ3n) is 3.20. The van der Waals surface area contributed by atoms with Crippen LogP contribution in [0.1, 0.15) is 19.3 Å². The smallest absolute Gasteiger partial charge is 0.255 e. The number of rotatable bonds is 4. The van der Waals surface area contributed by atoms with Gasteiger partial charge in [0.25, 0.3) is 10.0 Å². The van der Waals surface area contributed by atoms with Crippen LogP contribution in [0.2, 0.25) is 5.02 Å². The van der Waals surface area contributed by atoms with E-state index in [9.17, 15) is 8.42 Å². The Bertz CT molecular complexity index is 512. The minimum Gasteiger partial charge on any atom is -0.255 e. The van der Waals surface area contributed by atoms with E-state index in [2.05, 4.69) is 25.8 Å². The van der Waals surface area contributed by atoms with Crippen molar-refractivity contribution in [2.45, 2.75) is 29.1 Å². The number of alkyl halides is 1. The number of nitrogens with zero attached hydrogens (tertiary/aromatic N) is 2. The first-order valence-corrected chi connectivity index (χ1v) is 8.50. The molecule has 1 aliphatic rings. The van der Waals surface area contributed by atoms with E-state index in [0.717, 1.165) is 19.3 Å². The Kier molecular flexibility index (Phi) is 4.36. The molecule has 0 aliphatic heterocycles. The zero-order chi connectivity index (χ0) is 13.3. The van der Waals surface area contributed by atoms with Crippen LogP contribution in [0.4, 0.5) is 0 Å². The first-order chi connectivity index (χ1) is 8.42. The molecule has 1 aromatic rings. The van der Waals surface area contributed by atoms with E-state index in [1.807, 2.05) is 0 Å².